The molecule has 2 nitrogen and oxygen atoms in total. The van der Waals surface area contributed by atoms with Crippen LogP contribution in [0, 0.1) is 5.92 Å². The van der Waals surface area contributed by atoms with E-state index in [4.69, 9.17) is 11.6 Å². The van der Waals surface area contributed by atoms with Gasteiger partial charge < -0.3 is 5.32 Å². The van der Waals surface area contributed by atoms with Gasteiger partial charge in [-0.25, -0.2) is 4.98 Å². The van der Waals surface area contributed by atoms with E-state index in [1.807, 2.05) is 18.2 Å². The second-order valence-corrected chi connectivity index (χ2v) is 5.37. The molecule has 0 spiro atoms. The fourth-order valence-corrected chi connectivity index (χ4v) is 2.32. The fraction of sp³-hybridized carbons (Fsp3) is 0.312. The highest BCUT2D eigenvalue weighted by molar-refractivity contribution is 6.29. The molecule has 3 heteroatoms. The fourth-order valence-electron chi connectivity index (χ4n) is 2.16. The van der Waals surface area contributed by atoms with Crippen molar-refractivity contribution in [2.45, 2.75) is 19.8 Å². The van der Waals surface area contributed by atoms with E-state index in [0.29, 0.717) is 17.0 Å². The lowest BCUT2D eigenvalue weighted by Crippen LogP contribution is -2.18. The van der Waals surface area contributed by atoms with Gasteiger partial charge >= 0.3 is 0 Å². The van der Waals surface area contributed by atoms with E-state index in [1.165, 1.54) is 5.56 Å². The van der Waals surface area contributed by atoms with Crippen molar-refractivity contribution in [2.75, 3.05) is 11.9 Å². The normalized spacial score (nSPS) is 12.4. The van der Waals surface area contributed by atoms with Crippen LogP contribution in [0.4, 0.5) is 5.82 Å². The van der Waals surface area contributed by atoms with Crippen LogP contribution in [0.3, 0.4) is 0 Å². The third-order valence-electron chi connectivity index (χ3n) is 3.25. The first-order valence-electron chi connectivity index (χ1n) is 6.58. The first kappa shape index (κ1) is 13.9. The molecule has 2 rings (SSSR count). The van der Waals surface area contributed by atoms with E-state index in [1.54, 1.807) is 6.07 Å². The molecule has 0 fully saturated rings. The van der Waals surface area contributed by atoms with Crippen molar-refractivity contribution >= 4 is 17.4 Å². The number of nitrogens with one attached hydrogen (secondary N) is 1. The summed E-state index contributed by atoms with van der Waals surface area (Å²) in [6, 6.07) is 16.2. The lowest BCUT2D eigenvalue weighted by molar-refractivity contribution is 0.516. The van der Waals surface area contributed by atoms with Gasteiger partial charge in [0.2, 0.25) is 0 Å². The number of nitrogens with zero attached hydrogens (tertiary/aromatic N) is 1. The molecule has 0 saturated heterocycles. The van der Waals surface area contributed by atoms with Gasteiger partial charge in [0.25, 0.3) is 0 Å². The Balaban J connectivity index is 2.06. The largest absolute Gasteiger partial charge is 0.369 e. The summed E-state index contributed by atoms with van der Waals surface area (Å²) in [4.78, 5) is 4.25. The molecule has 1 aromatic carbocycles. The Labute approximate surface area is 119 Å². The standard InChI is InChI=1S/C16H19ClN2/c1-12(2)14(13-7-4-3-5-8-13)11-18-16-10-6-9-15(17)19-16/h3-10,12,14H,11H2,1-2H3,(H,18,19). The molecule has 0 amide bonds. The third kappa shape index (κ3) is 3.97. The predicted octanol–water partition coefficient (Wildman–Crippen LogP) is 4.59. The molecule has 0 aliphatic rings. The average Bonchev–Trinajstić information content (AvgIpc) is 2.40. The number of pyridine rings is 1. The second-order valence-electron chi connectivity index (χ2n) is 4.99. The van der Waals surface area contributed by atoms with Crippen LogP contribution in [0.25, 0.3) is 0 Å². The molecule has 1 atom stereocenters. The van der Waals surface area contributed by atoms with Crippen molar-refractivity contribution in [2.24, 2.45) is 5.92 Å². The number of rotatable bonds is 5. The Morgan fingerprint density at radius 2 is 1.79 bits per heavy atom. The van der Waals surface area contributed by atoms with E-state index < -0.39 is 0 Å². The molecule has 1 N–H and O–H groups in total. The van der Waals surface area contributed by atoms with Gasteiger partial charge in [-0.05, 0) is 23.6 Å². The molecule has 1 aromatic heterocycles. The van der Waals surface area contributed by atoms with Crippen LogP contribution in [-0.4, -0.2) is 11.5 Å². The van der Waals surface area contributed by atoms with Crippen molar-refractivity contribution in [3.63, 3.8) is 0 Å². The summed E-state index contributed by atoms with van der Waals surface area (Å²) in [6.45, 7) is 5.34. The molecule has 2 aromatic rings. The van der Waals surface area contributed by atoms with E-state index >= 15 is 0 Å². The quantitative estimate of drug-likeness (QED) is 0.807. The van der Waals surface area contributed by atoms with Gasteiger partial charge in [0, 0.05) is 12.5 Å². The molecule has 0 aliphatic heterocycles. The zero-order valence-corrected chi connectivity index (χ0v) is 12.1. The van der Waals surface area contributed by atoms with Crippen LogP contribution in [0.1, 0.15) is 25.3 Å². The maximum Gasteiger partial charge on any atom is 0.131 e. The SMILES string of the molecule is CC(C)C(CNc1cccc(Cl)n1)c1ccccc1. The molecular formula is C16H19ClN2. The second kappa shape index (κ2) is 6.58. The van der Waals surface area contributed by atoms with Crippen LogP contribution in [-0.2, 0) is 0 Å². The number of hydrogen-bond donors (Lipinski definition) is 1. The predicted molar refractivity (Wildman–Crippen MR) is 81.8 cm³/mol. The highest BCUT2D eigenvalue weighted by Gasteiger charge is 2.15. The lowest BCUT2D eigenvalue weighted by atomic mass is 9.88. The summed E-state index contributed by atoms with van der Waals surface area (Å²) in [7, 11) is 0. The summed E-state index contributed by atoms with van der Waals surface area (Å²) >= 11 is 5.89. The van der Waals surface area contributed by atoms with Crippen molar-refractivity contribution in [3.8, 4) is 0 Å². The number of halogens is 1. The minimum Gasteiger partial charge on any atom is -0.369 e. The maximum absolute atomic E-state index is 5.89. The summed E-state index contributed by atoms with van der Waals surface area (Å²) in [6.07, 6.45) is 0. The topological polar surface area (TPSA) is 24.9 Å². The van der Waals surface area contributed by atoms with Crippen molar-refractivity contribution in [3.05, 3.63) is 59.2 Å². The van der Waals surface area contributed by atoms with Gasteiger partial charge in [0.15, 0.2) is 0 Å². The van der Waals surface area contributed by atoms with Gasteiger partial charge in [0.1, 0.15) is 11.0 Å². The highest BCUT2D eigenvalue weighted by Crippen LogP contribution is 2.24. The number of anilines is 1. The molecule has 0 aliphatic carbocycles. The first-order valence-corrected chi connectivity index (χ1v) is 6.96. The molecule has 1 unspecified atom stereocenters. The van der Waals surface area contributed by atoms with Gasteiger partial charge in [-0.3, -0.25) is 0 Å². The zero-order chi connectivity index (χ0) is 13.7. The van der Waals surface area contributed by atoms with Crippen molar-refractivity contribution in [1.29, 1.82) is 0 Å². The minimum absolute atomic E-state index is 0.460. The maximum atomic E-state index is 5.89. The molecule has 0 radical (unpaired) electrons. The Hall–Kier alpha value is -1.54. The van der Waals surface area contributed by atoms with E-state index in [-0.39, 0.29) is 0 Å². The Morgan fingerprint density at radius 3 is 2.42 bits per heavy atom. The van der Waals surface area contributed by atoms with Gasteiger partial charge in [-0.1, -0.05) is 61.8 Å². The van der Waals surface area contributed by atoms with E-state index in [2.05, 4.69) is 48.4 Å². The van der Waals surface area contributed by atoms with E-state index in [0.717, 1.165) is 12.4 Å². The number of hydrogen-bond acceptors (Lipinski definition) is 2. The lowest BCUT2D eigenvalue weighted by Gasteiger charge is -2.22. The van der Waals surface area contributed by atoms with Crippen LogP contribution >= 0.6 is 11.6 Å². The molecular weight excluding hydrogens is 256 g/mol. The summed E-state index contributed by atoms with van der Waals surface area (Å²) in [5, 5.41) is 3.89. The molecule has 19 heavy (non-hydrogen) atoms. The Kier molecular flexibility index (Phi) is 4.80. The smallest absolute Gasteiger partial charge is 0.131 e. The van der Waals surface area contributed by atoms with Gasteiger partial charge in [0.05, 0.1) is 0 Å². The van der Waals surface area contributed by atoms with Crippen molar-refractivity contribution in [1.82, 2.24) is 4.98 Å². The van der Waals surface area contributed by atoms with Crippen LogP contribution in [0.5, 0.6) is 0 Å². The Morgan fingerprint density at radius 1 is 1.05 bits per heavy atom. The number of aromatic nitrogens is 1. The highest BCUT2D eigenvalue weighted by atomic mass is 35.5. The van der Waals surface area contributed by atoms with Gasteiger partial charge in [-0.2, -0.15) is 0 Å². The van der Waals surface area contributed by atoms with Crippen molar-refractivity contribution < 1.29 is 0 Å². The van der Waals surface area contributed by atoms with Crippen LogP contribution in [0.15, 0.2) is 48.5 Å². The van der Waals surface area contributed by atoms with Crippen LogP contribution in [0.2, 0.25) is 5.15 Å². The minimum atomic E-state index is 0.460. The van der Waals surface area contributed by atoms with E-state index in [9.17, 15) is 0 Å². The molecule has 0 saturated carbocycles. The molecule has 1 heterocycles. The monoisotopic (exact) mass is 274 g/mol. The molecule has 0 bridgehead atoms. The molecule has 100 valence electrons. The Bertz CT molecular complexity index is 511. The van der Waals surface area contributed by atoms with Gasteiger partial charge in [-0.15, -0.1) is 0 Å². The van der Waals surface area contributed by atoms with Crippen LogP contribution < -0.4 is 5.32 Å². The first-order chi connectivity index (χ1) is 9.16. The average molecular weight is 275 g/mol. The number of benzene rings is 1. The summed E-state index contributed by atoms with van der Waals surface area (Å²) in [5.41, 5.74) is 1.35. The zero-order valence-electron chi connectivity index (χ0n) is 11.3. The summed E-state index contributed by atoms with van der Waals surface area (Å²) in [5.74, 6) is 1.85. The summed E-state index contributed by atoms with van der Waals surface area (Å²) < 4.78 is 0. The third-order valence-corrected chi connectivity index (χ3v) is 3.46.